The van der Waals surface area contributed by atoms with Gasteiger partial charge in [-0.1, -0.05) is 44.2 Å². The fourth-order valence-electron chi connectivity index (χ4n) is 3.63. The SMILES string of the molecule is CC(C)COc1ccccc1CN(C)C(=O)c1cccc(CC2CCNC2)c1.Cl. The number of carbonyl (C=O) groups is 1. The van der Waals surface area contributed by atoms with Crippen LogP contribution < -0.4 is 10.1 Å². The van der Waals surface area contributed by atoms with E-state index in [1.54, 1.807) is 4.90 Å². The van der Waals surface area contributed by atoms with E-state index in [0.29, 0.717) is 25.0 Å². The Balaban J connectivity index is 0.00000300. The van der Waals surface area contributed by atoms with Crippen LogP contribution >= 0.6 is 12.4 Å². The van der Waals surface area contributed by atoms with Crippen LogP contribution in [-0.2, 0) is 13.0 Å². The van der Waals surface area contributed by atoms with Crippen LogP contribution in [0.4, 0.5) is 0 Å². The van der Waals surface area contributed by atoms with Gasteiger partial charge in [-0.3, -0.25) is 4.79 Å². The third-order valence-corrected chi connectivity index (χ3v) is 5.16. The zero-order valence-electron chi connectivity index (χ0n) is 17.7. The van der Waals surface area contributed by atoms with E-state index in [2.05, 4.69) is 31.3 Å². The highest BCUT2D eigenvalue weighted by atomic mass is 35.5. The predicted molar refractivity (Wildman–Crippen MR) is 121 cm³/mol. The number of nitrogens with zero attached hydrogens (tertiary/aromatic N) is 1. The molecular weight excluding hydrogens is 384 g/mol. The number of rotatable bonds is 8. The van der Waals surface area contributed by atoms with Gasteiger partial charge < -0.3 is 15.0 Å². The highest BCUT2D eigenvalue weighted by molar-refractivity contribution is 5.94. The fraction of sp³-hybridized carbons (Fsp3) is 0.458. The Kier molecular flexibility index (Phi) is 8.99. The second-order valence-electron chi connectivity index (χ2n) is 8.24. The van der Waals surface area contributed by atoms with Crippen molar-refractivity contribution >= 4 is 18.3 Å². The van der Waals surface area contributed by atoms with E-state index in [1.165, 1.54) is 12.0 Å². The topological polar surface area (TPSA) is 41.6 Å². The third kappa shape index (κ3) is 6.76. The summed E-state index contributed by atoms with van der Waals surface area (Å²) in [6, 6.07) is 16.1. The first-order chi connectivity index (χ1) is 13.5. The minimum Gasteiger partial charge on any atom is -0.493 e. The van der Waals surface area contributed by atoms with Crippen LogP contribution in [0.2, 0.25) is 0 Å². The summed E-state index contributed by atoms with van der Waals surface area (Å²) in [6.45, 7) is 7.64. The molecule has 0 aromatic heterocycles. The first-order valence-electron chi connectivity index (χ1n) is 10.3. The van der Waals surface area contributed by atoms with E-state index < -0.39 is 0 Å². The second kappa shape index (κ2) is 11.2. The van der Waals surface area contributed by atoms with E-state index in [9.17, 15) is 4.79 Å². The molecule has 2 aromatic carbocycles. The molecule has 1 fully saturated rings. The molecule has 0 spiro atoms. The number of amides is 1. The Morgan fingerprint density at radius 3 is 2.72 bits per heavy atom. The Labute approximate surface area is 181 Å². The van der Waals surface area contributed by atoms with E-state index in [0.717, 1.165) is 36.4 Å². The molecule has 29 heavy (non-hydrogen) atoms. The van der Waals surface area contributed by atoms with Gasteiger partial charge in [-0.05, 0) is 61.5 Å². The quantitative estimate of drug-likeness (QED) is 0.685. The summed E-state index contributed by atoms with van der Waals surface area (Å²) < 4.78 is 5.93. The zero-order chi connectivity index (χ0) is 19.9. The van der Waals surface area contributed by atoms with Crippen molar-refractivity contribution in [2.45, 2.75) is 33.2 Å². The first-order valence-corrected chi connectivity index (χ1v) is 10.3. The average molecular weight is 417 g/mol. The first kappa shape index (κ1) is 23.2. The molecule has 4 nitrogen and oxygen atoms in total. The third-order valence-electron chi connectivity index (χ3n) is 5.16. The Morgan fingerprint density at radius 2 is 2.00 bits per heavy atom. The van der Waals surface area contributed by atoms with Gasteiger partial charge in [0.25, 0.3) is 5.91 Å². The van der Waals surface area contributed by atoms with Crippen LogP contribution in [0.5, 0.6) is 5.75 Å². The minimum absolute atomic E-state index is 0. The lowest BCUT2D eigenvalue weighted by atomic mass is 9.97. The van der Waals surface area contributed by atoms with Crippen molar-refractivity contribution in [1.82, 2.24) is 10.2 Å². The molecule has 1 atom stereocenters. The van der Waals surface area contributed by atoms with Crippen molar-refractivity contribution in [1.29, 1.82) is 0 Å². The largest absolute Gasteiger partial charge is 0.493 e. The van der Waals surface area contributed by atoms with Crippen LogP contribution in [0.3, 0.4) is 0 Å². The van der Waals surface area contributed by atoms with Crippen LogP contribution in [0.15, 0.2) is 48.5 Å². The van der Waals surface area contributed by atoms with Gasteiger partial charge in [0.2, 0.25) is 0 Å². The Bertz CT molecular complexity index is 788. The summed E-state index contributed by atoms with van der Waals surface area (Å²) in [6.07, 6.45) is 2.24. The van der Waals surface area contributed by atoms with Gasteiger partial charge >= 0.3 is 0 Å². The van der Waals surface area contributed by atoms with Gasteiger partial charge in [0.15, 0.2) is 0 Å². The monoisotopic (exact) mass is 416 g/mol. The summed E-state index contributed by atoms with van der Waals surface area (Å²) >= 11 is 0. The number of benzene rings is 2. The van der Waals surface area contributed by atoms with Gasteiger partial charge in [-0.2, -0.15) is 0 Å². The van der Waals surface area contributed by atoms with E-state index >= 15 is 0 Å². The molecule has 0 saturated carbocycles. The second-order valence-corrected chi connectivity index (χ2v) is 8.24. The van der Waals surface area contributed by atoms with Crippen molar-refractivity contribution in [2.24, 2.45) is 11.8 Å². The molecule has 0 radical (unpaired) electrons. The molecule has 0 bridgehead atoms. The molecule has 1 aliphatic heterocycles. The number of carbonyl (C=O) groups excluding carboxylic acids is 1. The minimum atomic E-state index is 0. The lowest BCUT2D eigenvalue weighted by molar-refractivity contribution is 0.0783. The number of ether oxygens (including phenoxy) is 1. The molecule has 5 heteroatoms. The molecule has 1 amide bonds. The normalized spacial score (nSPS) is 15.8. The van der Waals surface area contributed by atoms with Gasteiger partial charge in [-0.25, -0.2) is 0 Å². The van der Waals surface area contributed by atoms with Crippen LogP contribution in [-0.4, -0.2) is 37.6 Å². The Morgan fingerprint density at radius 1 is 1.21 bits per heavy atom. The van der Waals surface area contributed by atoms with Crippen molar-refractivity contribution in [3.05, 3.63) is 65.2 Å². The predicted octanol–water partition coefficient (Wildman–Crippen LogP) is 4.57. The van der Waals surface area contributed by atoms with E-state index in [4.69, 9.17) is 4.74 Å². The van der Waals surface area contributed by atoms with Crippen molar-refractivity contribution in [3.63, 3.8) is 0 Å². The highest BCUT2D eigenvalue weighted by Gasteiger charge is 2.17. The molecule has 3 rings (SSSR count). The van der Waals surface area contributed by atoms with Gasteiger partial charge in [0, 0.05) is 24.7 Å². The van der Waals surface area contributed by atoms with Crippen LogP contribution in [0.25, 0.3) is 0 Å². The number of hydrogen-bond donors (Lipinski definition) is 1. The fourth-order valence-corrected chi connectivity index (χ4v) is 3.63. The maximum absolute atomic E-state index is 13.0. The zero-order valence-corrected chi connectivity index (χ0v) is 18.5. The Hall–Kier alpha value is -2.04. The lowest BCUT2D eigenvalue weighted by Crippen LogP contribution is -2.26. The van der Waals surface area contributed by atoms with Crippen molar-refractivity contribution < 1.29 is 9.53 Å². The summed E-state index contributed by atoms with van der Waals surface area (Å²) in [5, 5.41) is 3.41. The van der Waals surface area contributed by atoms with Crippen molar-refractivity contribution in [3.8, 4) is 5.75 Å². The number of para-hydroxylation sites is 1. The maximum Gasteiger partial charge on any atom is 0.253 e. The summed E-state index contributed by atoms with van der Waals surface area (Å²) in [4.78, 5) is 14.8. The van der Waals surface area contributed by atoms with E-state index in [1.807, 2.05) is 43.4 Å². The average Bonchev–Trinajstić information content (AvgIpc) is 3.20. The van der Waals surface area contributed by atoms with E-state index in [-0.39, 0.29) is 18.3 Å². The molecule has 0 aliphatic carbocycles. The summed E-state index contributed by atoms with van der Waals surface area (Å²) in [7, 11) is 1.86. The molecule has 1 unspecified atom stereocenters. The smallest absolute Gasteiger partial charge is 0.253 e. The van der Waals surface area contributed by atoms with Gasteiger partial charge in [0.1, 0.15) is 5.75 Å². The number of halogens is 1. The van der Waals surface area contributed by atoms with Crippen LogP contribution in [0, 0.1) is 11.8 Å². The molecule has 158 valence electrons. The molecule has 2 aromatic rings. The lowest BCUT2D eigenvalue weighted by Gasteiger charge is -2.20. The van der Waals surface area contributed by atoms with Gasteiger partial charge in [-0.15, -0.1) is 12.4 Å². The molecule has 1 N–H and O–H groups in total. The highest BCUT2D eigenvalue weighted by Crippen LogP contribution is 2.22. The number of hydrogen-bond acceptors (Lipinski definition) is 3. The molecule has 1 saturated heterocycles. The summed E-state index contributed by atoms with van der Waals surface area (Å²) in [5.74, 6) is 2.04. The molecular formula is C24H33ClN2O2. The van der Waals surface area contributed by atoms with Crippen LogP contribution in [0.1, 0.15) is 41.8 Å². The summed E-state index contributed by atoms with van der Waals surface area (Å²) in [5.41, 5.74) is 3.03. The number of nitrogens with one attached hydrogen (secondary N) is 1. The molecule has 1 heterocycles. The van der Waals surface area contributed by atoms with Crippen molar-refractivity contribution in [2.75, 3.05) is 26.7 Å². The van der Waals surface area contributed by atoms with Gasteiger partial charge in [0.05, 0.1) is 6.61 Å². The maximum atomic E-state index is 13.0. The standard InChI is InChI=1S/C24H32N2O2.ClH/c1-18(2)17-28-23-10-5-4-8-22(23)16-26(3)24(27)21-9-6-7-19(14-21)13-20-11-12-25-15-20;/h4-10,14,18,20,25H,11-13,15-17H2,1-3H3;1H. The molecule has 1 aliphatic rings.